The first-order chi connectivity index (χ1) is 16.8. The van der Waals surface area contributed by atoms with E-state index < -0.39 is 11.9 Å². The van der Waals surface area contributed by atoms with Crippen molar-refractivity contribution in [2.75, 3.05) is 19.0 Å². The SMILES string of the molecule is CCOC(=O)c1c(NC(=O)c2cc(-c3cccc(OC)c3)nc3ccccc23)sc(C(C)=O)c1C. The molecule has 2 heterocycles. The number of ether oxygens (including phenoxy) is 2. The molecule has 4 aromatic rings. The number of amides is 1. The summed E-state index contributed by atoms with van der Waals surface area (Å²) in [5.74, 6) is -0.517. The molecule has 178 valence electrons. The van der Waals surface area contributed by atoms with Crippen LogP contribution in [0.25, 0.3) is 22.2 Å². The summed E-state index contributed by atoms with van der Waals surface area (Å²) >= 11 is 1.07. The minimum Gasteiger partial charge on any atom is -0.497 e. The lowest BCUT2D eigenvalue weighted by molar-refractivity contribution is 0.0527. The van der Waals surface area contributed by atoms with Crippen LogP contribution in [0.2, 0.25) is 0 Å². The number of thiophene rings is 1. The van der Waals surface area contributed by atoms with Crippen molar-refractivity contribution in [1.82, 2.24) is 4.98 Å². The number of para-hydroxylation sites is 1. The molecule has 0 radical (unpaired) electrons. The Morgan fingerprint density at radius 2 is 1.83 bits per heavy atom. The number of fused-ring (bicyclic) bond motifs is 1. The van der Waals surface area contributed by atoms with Crippen LogP contribution < -0.4 is 10.1 Å². The Bertz CT molecular complexity index is 1460. The lowest BCUT2D eigenvalue weighted by Crippen LogP contribution is -2.15. The van der Waals surface area contributed by atoms with E-state index in [1.807, 2.05) is 48.5 Å². The van der Waals surface area contributed by atoms with E-state index in [0.29, 0.717) is 38.4 Å². The van der Waals surface area contributed by atoms with Crippen molar-refractivity contribution in [2.24, 2.45) is 0 Å². The third-order valence-electron chi connectivity index (χ3n) is 5.50. The molecule has 0 fully saturated rings. The van der Waals surface area contributed by atoms with E-state index in [9.17, 15) is 14.4 Å². The second kappa shape index (κ2) is 10.1. The molecule has 0 bridgehead atoms. The summed E-state index contributed by atoms with van der Waals surface area (Å²) in [4.78, 5) is 43.5. The molecule has 1 N–H and O–H groups in total. The number of benzene rings is 2. The monoisotopic (exact) mass is 488 g/mol. The van der Waals surface area contributed by atoms with Crippen molar-refractivity contribution in [3.63, 3.8) is 0 Å². The fourth-order valence-corrected chi connectivity index (χ4v) is 4.94. The average Bonchev–Trinajstić information content (AvgIpc) is 3.19. The number of ketones is 1. The summed E-state index contributed by atoms with van der Waals surface area (Å²) in [6.45, 7) is 4.98. The number of Topliss-reactive ketones (excluding diaryl/α,β-unsaturated/α-hetero) is 1. The first kappa shape index (κ1) is 24.1. The quantitative estimate of drug-likeness (QED) is 0.257. The number of pyridine rings is 1. The number of anilines is 1. The average molecular weight is 489 g/mol. The molecule has 4 rings (SSSR count). The zero-order valence-corrected chi connectivity index (χ0v) is 20.6. The maximum absolute atomic E-state index is 13.6. The van der Waals surface area contributed by atoms with Crippen molar-refractivity contribution in [3.8, 4) is 17.0 Å². The molecule has 0 aliphatic rings. The second-order valence-corrected chi connectivity index (χ2v) is 8.82. The molecule has 8 heteroatoms. The molecule has 0 saturated heterocycles. The minimum absolute atomic E-state index is 0.176. The minimum atomic E-state index is -0.583. The van der Waals surface area contributed by atoms with Gasteiger partial charge in [-0.15, -0.1) is 11.3 Å². The van der Waals surface area contributed by atoms with Crippen LogP contribution in [0.5, 0.6) is 5.75 Å². The van der Waals surface area contributed by atoms with E-state index >= 15 is 0 Å². The van der Waals surface area contributed by atoms with E-state index in [1.165, 1.54) is 6.92 Å². The Hall–Kier alpha value is -4.04. The van der Waals surface area contributed by atoms with Crippen molar-refractivity contribution < 1.29 is 23.9 Å². The first-order valence-corrected chi connectivity index (χ1v) is 11.8. The van der Waals surface area contributed by atoms with Crippen molar-refractivity contribution in [3.05, 3.63) is 76.2 Å². The number of nitrogens with zero attached hydrogens (tertiary/aromatic N) is 1. The van der Waals surface area contributed by atoms with Crippen LogP contribution in [0.4, 0.5) is 5.00 Å². The predicted octanol–water partition coefficient (Wildman–Crippen LogP) is 5.91. The summed E-state index contributed by atoms with van der Waals surface area (Å²) < 4.78 is 10.5. The van der Waals surface area contributed by atoms with Gasteiger partial charge in [0.15, 0.2) is 5.78 Å². The third kappa shape index (κ3) is 4.79. The van der Waals surface area contributed by atoms with Crippen LogP contribution in [0.15, 0.2) is 54.6 Å². The van der Waals surface area contributed by atoms with E-state index in [1.54, 1.807) is 27.0 Å². The van der Waals surface area contributed by atoms with Gasteiger partial charge >= 0.3 is 5.97 Å². The normalized spacial score (nSPS) is 10.7. The van der Waals surface area contributed by atoms with E-state index in [-0.39, 0.29) is 23.0 Å². The van der Waals surface area contributed by atoms with Gasteiger partial charge in [0.2, 0.25) is 0 Å². The molecular weight excluding hydrogens is 464 g/mol. The van der Waals surface area contributed by atoms with Crippen LogP contribution in [0, 0.1) is 6.92 Å². The molecule has 2 aromatic carbocycles. The number of rotatable bonds is 7. The van der Waals surface area contributed by atoms with Crippen LogP contribution in [0.1, 0.15) is 49.8 Å². The van der Waals surface area contributed by atoms with Crippen LogP contribution in [0.3, 0.4) is 0 Å². The van der Waals surface area contributed by atoms with Crippen LogP contribution in [-0.4, -0.2) is 36.4 Å². The van der Waals surface area contributed by atoms with Crippen molar-refractivity contribution in [2.45, 2.75) is 20.8 Å². The Labute approximate surface area is 206 Å². The van der Waals surface area contributed by atoms with Crippen molar-refractivity contribution >= 4 is 44.9 Å². The lowest BCUT2D eigenvalue weighted by Gasteiger charge is -2.11. The zero-order valence-electron chi connectivity index (χ0n) is 19.8. The summed E-state index contributed by atoms with van der Waals surface area (Å²) in [6, 6.07) is 16.5. The largest absolute Gasteiger partial charge is 0.497 e. The molecular formula is C27H24N2O5S. The molecule has 0 aliphatic heterocycles. The Morgan fingerprint density at radius 3 is 2.54 bits per heavy atom. The highest BCUT2D eigenvalue weighted by Crippen LogP contribution is 2.35. The van der Waals surface area contributed by atoms with Gasteiger partial charge in [-0.3, -0.25) is 9.59 Å². The number of nitrogens with one attached hydrogen (secondary N) is 1. The highest BCUT2D eigenvalue weighted by molar-refractivity contribution is 7.18. The number of carbonyl (C=O) groups excluding carboxylic acids is 3. The lowest BCUT2D eigenvalue weighted by atomic mass is 10.0. The topological polar surface area (TPSA) is 94.6 Å². The number of methoxy groups -OCH3 is 1. The fourth-order valence-electron chi connectivity index (χ4n) is 3.85. The van der Waals surface area contributed by atoms with Gasteiger partial charge in [-0.05, 0) is 50.6 Å². The predicted molar refractivity (Wildman–Crippen MR) is 137 cm³/mol. The number of esters is 1. The molecule has 0 aliphatic carbocycles. The molecule has 0 unspecified atom stereocenters. The Balaban J connectivity index is 1.82. The second-order valence-electron chi connectivity index (χ2n) is 7.80. The summed E-state index contributed by atoms with van der Waals surface area (Å²) in [7, 11) is 1.59. The number of hydrogen-bond donors (Lipinski definition) is 1. The first-order valence-electron chi connectivity index (χ1n) is 11.0. The summed E-state index contributed by atoms with van der Waals surface area (Å²) in [5.41, 5.74) is 3.12. The van der Waals surface area contributed by atoms with Crippen LogP contribution in [-0.2, 0) is 4.74 Å². The number of carbonyl (C=O) groups is 3. The molecule has 35 heavy (non-hydrogen) atoms. The number of hydrogen-bond acceptors (Lipinski definition) is 7. The Kier molecular flexibility index (Phi) is 6.93. The van der Waals surface area contributed by atoms with E-state index in [0.717, 1.165) is 16.9 Å². The number of aromatic nitrogens is 1. The maximum Gasteiger partial charge on any atom is 0.341 e. The standard InChI is InChI=1S/C27H24N2O5S/c1-5-34-27(32)23-15(2)24(16(3)30)35-26(23)29-25(31)20-14-22(17-9-8-10-18(13-17)33-4)28-21-12-7-6-11-19(20)21/h6-14H,5H2,1-4H3,(H,29,31). The third-order valence-corrected chi connectivity index (χ3v) is 6.81. The van der Waals surface area contributed by atoms with E-state index in [2.05, 4.69) is 5.32 Å². The molecule has 0 atom stereocenters. The van der Waals surface area contributed by atoms with Gasteiger partial charge in [-0.2, -0.15) is 0 Å². The van der Waals surface area contributed by atoms with Crippen LogP contribution >= 0.6 is 11.3 Å². The van der Waals surface area contributed by atoms with Gasteiger partial charge in [-0.25, -0.2) is 9.78 Å². The van der Waals surface area contributed by atoms with E-state index in [4.69, 9.17) is 14.5 Å². The molecule has 7 nitrogen and oxygen atoms in total. The van der Waals surface area contributed by atoms with Gasteiger partial charge < -0.3 is 14.8 Å². The van der Waals surface area contributed by atoms with Gasteiger partial charge in [-0.1, -0.05) is 30.3 Å². The Morgan fingerprint density at radius 1 is 1.06 bits per heavy atom. The van der Waals surface area contributed by atoms with Gasteiger partial charge in [0.1, 0.15) is 10.8 Å². The molecule has 0 spiro atoms. The summed E-state index contributed by atoms with van der Waals surface area (Å²) in [5, 5.41) is 3.79. The van der Waals surface area contributed by atoms with Gasteiger partial charge in [0.25, 0.3) is 5.91 Å². The van der Waals surface area contributed by atoms with Crippen molar-refractivity contribution in [1.29, 1.82) is 0 Å². The fraction of sp³-hybridized carbons (Fsp3) is 0.185. The molecule has 1 amide bonds. The molecule has 0 saturated carbocycles. The molecule has 2 aromatic heterocycles. The van der Waals surface area contributed by atoms with Gasteiger partial charge in [0, 0.05) is 10.9 Å². The van der Waals surface area contributed by atoms with Gasteiger partial charge in [0.05, 0.1) is 40.9 Å². The highest BCUT2D eigenvalue weighted by Gasteiger charge is 2.26. The zero-order chi connectivity index (χ0) is 25.1. The highest BCUT2D eigenvalue weighted by atomic mass is 32.1. The maximum atomic E-state index is 13.6. The smallest absolute Gasteiger partial charge is 0.341 e. The summed E-state index contributed by atoms with van der Waals surface area (Å²) in [6.07, 6.45) is 0.